The molecular weight excluding hydrogens is 259 g/mol. The van der Waals surface area contributed by atoms with Crippen LogP contribution in [0, 0.1) is 0 Å². The van der Waals surface area contributed by atoms with E-state index in [4.69, 9.17) is 5.73 Å². The second-order valence-electron chi connectivity index (χ2n) is 5.11. The minimum absolute atomic E-state index is 0.152. The van der Waals surface area contributed by atoms with Gasteiger partial charge >= 0.3 is 6.18 Å². The fraction of sp³-hybridized carbons (Fsp3) is 0.917. The number of hydrogen-bond acceptors (Lipinski definition) is 3. The number of nitrogens with two attached hydrogens (primary N) is 1. The highest BCUT2D eigenvalue weighted by molar-refractivity contribution is 5.81. The number of carbonyl (C=O) groups excluding carboxylic acids is 1. The molecule has 0 aromatic heterocycles. The minimum atomic E-state index is -4.20. The van der Waals surface area contributed by atoms with Crippen LogP contribution in [-0.4, -0.2) is 60.1 Å². The summed E-state index contributed by atoms with van der Waals surface area (Å²) in [6.45, 7) is 3.60. The molecule has 2 N–H and O–H groups in total. The van der Waals surface area contributed by atoms with Crippen LogP contribution >= 0.6 is 0 Å². The Morgan fingerprint density at radius 1 is 1.42 bits per heavy atom. The zero-order valence-corrected chi connectivity index (χ0v) is 11.4. The standard InChI is InChI=1S/C12H22F3N3O/c1-3-4-10(16)11(19)17-5-6-18(9(2)7-17)8-12(13,14)15/h9-10H,3-8,16H2,1-2H3/t9-,10+/m0/s1. The van der Waals surface area contributed by atoms with Gasteiger partial charge in [0, 0.05) is 25.7 Å². The molecule has 1 rings (SSSR count). The second kappa shape index (κ2) is 6.56. The number of alkyl halides is 3. The predicted octanol–water partition coefficient (Wildman–Crippen LogP) is 1.21. The molecule has 1 aliphatic rings. The molecule has 2 atom stereocenters. The van der Waals surface area contributed by atoms with Crippen molar-refractivity contribution in [2.24, 2.45) is 5.73 Å². The summed E-state index contributed by atoms with van der Waals surface area (Å²) in [5.41, 5.74) is 5.76. The van der Waals surface area contributed by atoms with E-state index in [1.165, 1.54) is 4.90 Å². The van der Waals surface area contributed by atoms with Crippen molar-refractivity contribution in [3.05, 3.63) is 0 Å². The zero-order valence-electron chi connectivity index (χ0n) is 11.4. The molecule has 0 aromatic carbocycles. The molecule has 0 aliphatic carbocycles. The van der Waals surface area contributed by atoms with Crippen LogP contribution in [-0.2, 0) is 4.79 Å². The Labute approximate surface area is 111 Å². The van der Waals surface area contributed by atoms with E-state index in [1.807, 2.05) is 6.92 Å². The molecule has 0 saturated carbocycles. The lowest BCUT2D eigenvalue weighted by Gasteiger charge is -2.40. The summed E-state index contributed by atoms with van der Waals surface area (Å²) in [5.74, 6) is -0.152. The van der Waals surface area contributed by atoms with Gasteiger partial charge in [-0.05, 0) is 13.3 Å². The molecule has 0 radical (unpaired) electrons. The van der Waals surface area contributed by atoms with Crippen molar-refractivity contribution in [1.82, 2.24) is 9.80 Å². The maximum absolute atomic E-state index is 12.4. The molecule has 1 heterocycles. The normalized spacial score (nSPS) is 23.5. The van der Waals surface area contributed by atoms with Gasteiger partial charge in [-0.2, -0.15) is 13.2 Å². The first-order valence-electron chi connectivity index (χ1n) is 6.59. The van der Waals surface area contributed by atoms with Crippen molar-refractivity contribution in [2.75, 3.05) is 26.2 Å². The molecule has 1 saturated heterocycles. The molecule has 1 aliphatic heterocycles. The van der Waals surface area contributed by atoms with E-state index >= 15 is 0 Å². The van der Waals surface area contributed by atoms with E-state index in [2.05, 4.69) is 0 Å². The quantitative estimate of drug-likeness (QED) is 0.842. The van der Waals surface area contributed by atoms with Gasteiger partial charge in [-0.25, -0.2) is 0 Å². The summed E-state index contributed by atoms with van der Waals surface area (Å²) in [6.07, 6.45) is -2.77. The van der Waals surface area contributed by atoms with Crippen LogP contribution < -0.4 is 5.73 Å². The van der Waals surface area contributed by atoms with Gasteiger partial charge in [0.05, 0.1) is 12.6 Å². The van der Waals surface area contributed by atoms with Gasteiger partial charge in [-0.15, -0.1) is 0 Å². The Hall–Kier alpha value is -0.820. The largest absolute Gasteiger partial charge is 0.401 e. The summed E-state index contributed by atoms with van der Waals surface area (Å²) >= 11 is 0. The number of piperazine rings is 1. The summed E-state index contributed by atoms with van der Waals surface area (Å²) in [7, 11) is 0. The molecule has 19 heavy (non-hydrogen) atoms. The molecule has 0 unspecified atom stereocenters. The average molecular weight is 281 g/mol. The van der Waals surface area contributed by atoms with Crippen molar-refractivity contribution in [3.63, 3.8) is 0 Å². The van der Waals surface area contributed by atoms with Crippen LogP contribution in [0.1, 0.15) is 26.7 Å². The summed E-state index contributed by atoms with van der Waals surface area (Å²) < 4.78 is 37.1. The highest BCUT2D eigenvalue weighted by Gasteiger charge is 2.36. The SMILES string of the molecule is CCC[C@@H](N)C(=O)N1CCN(CC(F)(F)F)[C@@H](C)C1. The summed E-state index contributed by atoms with van der Waals surface area (Å²) in [5, 5.41) is 0. The summed E-state index contributed by atoms with van der Waals surface area (Å²) in [4.78, 5) is 14.9. The Balaban J connectivity index is 2.51. The lowest BCUT2D eigenvalue weighted by molar-refractivity contribution is -0.157. The van der Waals surface area contributed by atoms with Crippen LogP contribution in [0.15, 0.2) is 0 Å². The molecule has 4 nitrogen and oxygen atoms in total. The molecular formula is C12H22F3N3O. The van der Waals surface area contributed by atoms with Crippen molar-refractivity contribution in [3.8, 4) is 0 Å². The van der Waals surface area contributed by atoms with E-state index in [0.717, 1.165) is 6.42 Å². The number of amides is 1. The maximum Gasteiger partial charge on any atom is 0.401 e. The third-order valence-electron chi connectivity index (χ3n) is 3.38. The minimum Gasteiger partial charge on any atom is -0.339 e. The van der Waals surface area contributed by atoms with Gasteiger partial charge in [-0.3, -0.25) is 9.69 Å². The van der Waals surface area contributed by atoms with Crippen LogP contribution in [0.25, 0.3) is 0 Å². The Morgan fingerprint density at radius 2 is 2.05 bits per heavy atom. The van der Waals surface area contributed by atoms with Crippen LogP contribution in [0.2, 0.25) is 0 Å². The topological polar surface area (TPSA) is 49.6 Å². The number of hydrogen-bond donors (Lipinski definition) is 1. The van der Waals surface area contributed by atoms with Crippen molar-refractivity contribution >= 4 is 5.91 Å². The lowest BCUT2D eigenvalue weighted by atomic mass is 10.1. The third kappa shape index (κ3) is 4.99. The number of rotatable bonds is 4. The highest BCUT2D eigenvalue weighted by atomic mass is 19.4. The van der Waals surface area contributed by atoms with E-state index < -0.39 is 18.8 Å². The van der Waals surface area contributed by atoms with E-state index in [0.29, 0.717) is 19.5 Å². The first kappa shape index (κ1) is 16.2. The molecule has 0 aromatic rings. The van der Waals surface area contributed by atoms with Crippen molar-refractivity contribution < 1.29 is 18.0 Å². The first-order chi connectivity index (χ1) is 8.74. The summed E-state index contributed by atoms with van der Waals surface area (Å²) in [6, 6.07) is -0.834. The second-order valence-corrected chi connectivity index (χ2v) is 5.11. The van der Waals surface area contributed by atoms with Crippen LogP contribution in [0.3, 0.4) is 0 Å². The average Bonchev–Trinajstić information content (AvgIpc) is 2.29. The molecule has 112 valence electrons. The number of carbonyl (C=O) groups is 1. The fourth-order valence-electron chi connectivity index (χ4n) is 2.33. The number of halogens is 3. The molecule has 1 amide bonds. The van der Waals surface area contributed by atoms with Gasteiger partial charge < -0.3 is 10.6 Å². The maximum atomic E-state index is 12.4. The Bertz CT molecular complexity index is 309. The third-order valence-corrected chi connectivity index (χ3v) is 3.38. The van der Waals surface area contributed by atoms with Crippen LogP contribution in [0.4, 0.5) is 13.2 Å². The van der Waals surface area contributed by atoms with Gasteiger partial charge in [0.1, 0.15) is 0 Å². The Morgan fingerprint density at radius 3 is 2.53 bits per heavy atom. The zero-order chi connectivity index (χ0) is 14.6. The fourth-order valence-corrected chi connectivity index (χ4v) is 2.33. The van der Waals surface area contributed by atoms with Gasteiger partial charge in [-0.1, -0.05) is 13.3 Å². The Kier molecular flexibility index (Phi) is 5.61. The molecule has 1 fully saturated rings. The highest BCUT2D eigenvalue weighted by Crippen LogP contribution is 2.20. The lowest BCUT2D eigenvalue weighted by Crippen LogP contribution is -2.58. The van der Waals surface area contributed by atoms with Gasteiger partial charge in [0.15, 0.2) is 0 Å². The molecule has 0 bridgehead atoms. The molecule has 0 spiro atoms. The van der Waals surface area contributed by atoms with E-state index in [1.54, 1.807) is 11.8 Å². The van der Waals surface area contributed by atoms with E-state index in [-0.39, 0.29) is 18.5 Å². The van der Waals surface area contributed by atoms with Crippen molar-refractivity contribution in [1.29, 1.82) is 0 Å². The molecule has 7 heteroatoms. The predicted molar refractivity (Wildman–Crippen MR) is 66.6 cm³/mol. The van der Waals surface area contributed by atoms with Crippen LogP contribution in [0.5, 0.6) is 0 Å². The van der Waals surface area contributed by atoms with E-state index in [9.17, 15) is 18.0 Å². The van der Waals surface area contributed by atoms with Crippen molar-refractivity contribution in [2.45, 2.75) is 44.9 Å². The monoisotopic (exact) mass is 281 g/mol. The van der Waals surface area contributed by atoms with Gasteiger partial charge in [0.2, 0.25) is 5.91 Å². The number of nitrogens with zero attached hydrogens (tertiary/aromatic N) is 2. The van der Waals surface area contributed by atoms with Gasteiger partial charge in [0.25, 0.3) is 0 Å². The first-order valence-corrected chi connectivity index (χ1v) is 6.59. The smallest absolute Gasteiger partial charge is 0.339 e.